The lowest BCUT2D eigenvalue weighted by molar-refractivity contribution is -0.127. The van der Waals surface area contributed by atoms with Crippen LogP contribution in [0.25, 0.3) is 10.2 Å². The Morgan fingerprint density at radius 3 is 2.71 bits per heavy atom. The maximum absolute atomic E-state index is 13.8. The number of anilines is 1. The molecule has 5 nitrogen and oxygen atoms in total. The lowest BCUT2D eigenvalue weighted by Gasteiger charge is -2.44. The third-order valence-corrected chi connectivity index (χ3v) is 8.09. The van der Waals surface area contributed by atoms with Crippen LogP contribution in [-0.4, -0.2) is 28.0 Å². The Bertz CT molecular complexity index is 1180. The highest BCUT2D eigenvalue weighted by molar-refractivity contribution is 7.16. The lowest BCUT2D eigenvalue weighted by Crippen LogP contribution is -2.65. The number of hydrogen-bond donors (Lipinski definition) is 1. The third kappa shape index (κ3) is 3.37. The second-order valence-electron chi connectivity index (χ2n) is 8.95. The summed E-state index contributed by atoms with van der Waals surface area (Å²) in [4.78, 5) is 30.2. The number of amides is 2. The Labute approximate surface area is 191 Å². The van der Waals surface area contributed by atoms with Gasteiger partial charge in [-0.05, 0) is 61.9 Å². The van der Waals surface area contributed by atoms with Crippen molar-refractivity contribution in [1.29, 1.82) is 0 Å². The highest BCUT2D eigenvalue weighted by Gasteiger charge is 2.49. The second-order valence-corrected chi connectivity index (χ2v) is 10.3. The molecule has 2 aliphatic rings. The van der Waals surface area contributed by atoms with Gasteiger partial charge in [-0.3, -0.25) is 14.5 Å². The molecule has 1 atom stereocenters. The van der Waals surface area contributed by atoms with Crippen molar-refractivity contribution in [2.75, 3.05) is 4.90 Å². The Morgan fingerprint density at radius 2 is 1.97 bits per heavy atom. The number of benzene rings is 1. The predicted molar refractivity (Wildman–Crippen MR) is 126 cm³/mol. The highest BCUT2D eigenvalue weighted by Crippen LogP contribution is 2.38. The van der Waals surface area contributed by atoms with Gasteiger partial charge in [0, 0.05) is 22.1 Å². The van der Waals surface area contributed by atoms with Crippen LogP contribution in [-0.2, 0) is 11.3 Å². The number of aromatic nitrogens is 1. The van der Waals surface area contributed by atoms with Crippen LogP contribution in [0.3, 0.4) is 0 Å². The zero-order valence-corrected chi connectivity index (χ0v) is 19.4. The molecule has 0 bridgehead atoms. The smallest absolute Gasteiger partial charge is 0.275 e. The van der Waals surface area contributed by atoms with Crippen molar-refractivity contribution in [3.63, 3.8) is 0 Å². The molecule has 7 heteroatoms. The molecule has 3 aromatic rings. The number of hydrogen-bond acceptors (Lipinski definition) is 3. The molecule has 1 aliphatic carbocycles. The summed E-state index contributed by atoms with van der Waals surface area (Å²) in [6, 6.07) is 9.69. The van der Waals surface area contributed by atoms with Gasteiger partial charge in [-0.25, -0.2) is 0 Å². The standard InChI is InChI=1S/C24H26ClN3O2S/c1-15-8-9-18(13-19(15)25)28-21(29)20-12-16-10-11-31-22(16)27(20)14-24(28,2)23(30)26-17-6-4-3-5-7-17/h8-13,17H,3-7,14H2,1-2H3,(H,26,30). The van der Waals surface area contributed by atoms with Gasteiger partial charge in [-0.15, -0.1) is 11.3 Å². The Morgan fingerprint density at radius 1 is 1.19 bits per heavy atom. The predicted octanol–water partition coefficient (Wildman–Crippen LogP) is 5.53. The Balaban J connectivity index is 1.61. The number of thiophene rings is 1. The SMILES string of the molecule is Cc1ccc(N2C(=O)c3cc4ccsc4n3CC2(C)C(=O)NC2CCCCC2)cc1Cl. The van der Waals surface area contributed by atoms with E-state index in [1.807, 2.05) is 48.1 Å². The molecule has 1 N–H and O–H groups in total. The summed E-state index contributed by atoms with van der Waals surface area (Å²) in [6.07, 6.45) is 5.48. The van der Waals surface area contributed by atoms with Crippen molar-refractivity contribution in [3.8, 4) is 0 Å². The van der Waals surface area contributed by atoms with E-state index in [4.69, 9.17) is 11.6 Å². The summed E-state index contributed by atoms with van der Waals surface area (Å²) in [5.41, 5.74) is 1.14. The quantitative estimate of drug-likeness (QED) is 0.564. The van der Waals surface area contributed by atoms with E-state index in [9.17, 15) is 9.59 Å². The molecule has 1 saturated carbocycles. The average Bonchev–Trinajstić information content (AvgIpc) is 3.34. The van der Waals surface area contributed by atoms with Crippen molar-refractivity contribution in [2.24, 2.45) is 0 Å². The lowest BCUT2D eigenvalue weighted by atomic mass is 9.91. The monoisotopic (exact) mass is 455 g/mol. The van der Waals surface area contributed by atoms with Gasteiger partial charge in [0.15, 0.2) is 0 Å². The average molecular weight is 456 g/mol. The van der Waals surface area contributed by atoms with Crippen molar-refractivity contribution in [1.82, 2.24) is 9.88 Å². The van der Waals surface area contributed by atoms with E-state index in [2.05, 4.69) is 5.32 Å². The third-order valence-electron chi connectivity index (χ3n) is 6.73. The van der Waals surface area contributed by atoms with Gasteiger partial charge in [0.2, 0.25) is 5.91 Å². The normalized spacial score (nSPS) is 22.0. The fourth-order valence-electron chi connectivity index (χ4n) is 4.91. The van der Waals surface area contributed by atoms with Gasteiger partial charge in [0.25, 0.3) is 5.91 Å². The molecular weight excluding hydrogens is 430 g/mol. The van der Waals surface area contributed by atoms with Gasteiger partial charge < -0.3 is 9.88 Å². The molecule has 5 rings (SSSR count). The van der Waals surface area contributed by atoms with E-state index in [1.54, 1.807) is 22.3 Å². The van der Waals surface area contributed by atoms with Crippen LogP contribution in [0.2, 0.25) is 5.02 Å². The van der Waals surface area contributed by atoms with E-state index in [-0.39, 0.29) is 17.9 Å². The van der Waals surface area contributed by atoms with Crippen LogP contribution in [0.1, 0.15) is 55.1 Å². The first-order valence-electron chi connectivity index (χ1n) is 10.9. The van der Waals surface area contributed by atoms with Gasteiger partial charge in [-0.1, -0.05) is 36.9 Å². The Kier molecular flexibility index (Phi) is 5.10. The molecule has 162 valence electrons. The second kappa shape index (κ2) is 7.68. The fourth-order valence-corrected chi connectivity index (χ4v) is 5.98. The number of aryl methyl sites for hydroxylation is 1. The molecule has 0 radical (unpaired) electrons. The van der Waals surface area contributed by atoms with Gasteiger partial charge in [-0.2, -0.15) is 0 Å². The summed E-state index contributed by atoms with van der Waals surface area (Å²) in [5.74, 6) is -0.274. The summed E-state index contributed by atoms with van der Waals surface area (Å²) in [5, 5.41) is 6.91. The van der Waals surface area contributed by atoms with Crippen LogP contribution in [0.4, 0.5) is 5.69 Å². The van der Waals surface area contributed by atoms with Crippen molar-refractivity contribution < 1.29 is 9.59 Å². The number of nitrogens with one attached hydrogen (secondary N) is 1. The van der Waals surface area contributed by atoms with Crippen molar-refractivity contribution in [2.45, 2.75) is 64.1 Å². The van der Waals surface area contributed by atoms with E-state index in [0.29, 0.717) is 22.9 Å². The number of nitrogens with zero attached hydrogens (tertiary/aromatic N) is 2. The highest BCUT2D eigenvalue weighted by atomic mass is 35.5. The molecule has 3 heterocycles. The van der Waals surface area contributed by atoms with E-state index >= 15 is 0 Å². The van der Waals surface area contributed by atoms with Crippen LogP contribution in [0, 0.1) is 6.92 Å². The van der Waals surface area contributed by atoms with Crippen LogP contribution < -0.4 is 10.2 Å². The first-order valence-corrected chi connectivity index (χ1v) is 12.1. The summed E-state index contributed by atoms with van der Waals surface area (Å²) in [6.45, 7) is 4.21. The van der Waals surface area contributed by atoms with Gasteiger partial charge in [0.05, 0.1) is 6.54 Å². The maximum Gasteiger partial charge on any atom is 0.275 e. The molecule has 1 aromatic carbocycles. The molecule has 1 fully saturated rings. The largest absolute Gasteiger partial charge is 0.351 e. The van der Waals surface area contributed by atoms with E-state index < -0.39 is 5.54 Å². The van der Waals surface area contributed by atoms with Gasteiger partial charge >= 0.3 is 0 Å². The number of rotatable bonds is 3. The molecule has 2 aromatic heterocycles. The van der Waals surface area contributed by atoms with E-state index in [0.717, 1.165) is 41.5 Å². The van der Waals surface area contributed by atoms with Crippen LogP contribution in [0.15, 0.2) is 35.7 Å². The van der Waals surface area contributed by atoms with Crippen LogP contribution in [0.5, 0.6) is 0 Å². The number of halogens is 1. The summed E-state index contributed by atoms with van der Waals surface area (Å²) in [7, 11) is 0. The zero-order valence-electron chi connectivity index (χ0n) is 17.8. The molecule has 1 aliphatic heterocycles. The minimum absolute atomic E-state index is 0.103. The molecular formula is C24H26ClN3O2S. The van der Waals surface area contributed by atoms with Crippen molar-refractivity contribution in [3.05, 3.63) is 52.0 Å². The molecule has 31 heavy (non-hydrogen) atoms. The number of carbonyl (C=O) groups excluding carboxylic acids is 2. The molecule has 1 unspecified atom stereocenters. The van der Waals surface area contributed by atoms with Crippen molar-refractivity contribution >= 4 is 50.7 Å². The molecule has 0 saturated heterocycles. The van der Waals surface area contributed by atoms with Gasteiger partial charge in [0.1, 0.15) is 16.1 Å². The first kappa shape index (κ1) is 20.6. The first-order chi connectivity index (χ1) is 14.9. The minimum Gasteiger partial charge on any atom is -0.351 e. The topological polar surface area (TPSA) is 54.3 Å². The number of carbonyl (C=O) groups is 2. The fraction of sp³-hybridized carbons (Fsp3) is 0.417. The maximum atomic E-state index is 13.8. The summed E-state index contributed by atoms with van der Waals surface area (Å²) >= 11 is 8.01. The van der Waals surface area contributed by atoms with E-state index in [1.165, 1.54) is 6.42 Å². The molecule has 0 spiro atoms. The minimum atomic E-state index is -1.06. The Hall–Kier alpha value is -2.31. The molecule has 2 amide bonds. The number of fused-ring (bicyclic) bond motifs is 3. The summed E-state index contributed by atoms with van der Waals surface area (Å²) < 4.78 is 2.01. The van der Waals surface area contributed by atoms with Crippen LogP contribution >= 0.6 is 22.9 Å². The zero-order chi connectivity index (χ0) is 21.8.